The summed E-state index contributed by atoms with van der Waals surface area (Å²) in [5.41, 5.74) is 1.59. The van der Waals surface area contributed by atoms with Gasteiger partial charge in [-0.25, -0.2) is 0 Å². The third-order valence-corrected chi connectivity index (χ3v) is 4.06. The van der Waals surface area contributed by atoms with E-state index in [2.05, 4.69) is 46.0 Å². The Morgan fingerprint density at radius 1 is 1.28 bits per heavy atom. The summed E-state index contributed by atoms with van der Waals surface area (Å²) >= 11 is 0. The molecule has 0 aromatic carbocycles. The number of nitrogens with one attached hydrogen (secondary N) is 1. The first-order valence-corrected chi connectivity index (χ1v) is 7.88. The van der Waals surface area contributed by atoms with Crippen LogP contribution in [-0.4, -0.2) is 12.6 Å². The van der Waals surface area contributed by atoms with Crippen LogP contribution < -0.4 is 5.32 Å². The van der Waals surface area contributed by atoms with E-state index in [0.717, 1.165) is 17.8 Å². The van der Waals surface area contributed by atoms with Gasteiger partial charge in [-0.15, -0.1) is 0 Å². The lowest BCUT2D eigenvalue weighted by molar-refractivity contribution is 0.354. The standard InChI is InChI=1S/C17H33N/c1-13(2)7-6-8-16(5)18-12-17-10-14(3)9-15(4)11-17/h9,13-14,16-18H,6-8,10-12H2,1-5H3. The smallest absolute Gasteiger partial charge is 0.00388 e. The minimum Gasteiger partial charge on any atom is -0.314 e. The molecule has 0 radical (unpaired) electrons. The van der Waals surface area contributed by atoms with Crippen molar-refractivity contribution in [1.29, 1.82) is 0 Å². The van der Waals surface area contributed by atoms with Crippen molar-refractivity contribution >= 4 is 0 Å². The van der Waals surface area contributed by atoms with Gasteiger partial charge in [-0.05, 0) is 57.4 Å². The number of hydrogen-bond acceptors (Lipinski definition) is 1. The Morgan fingerprint density at radius 2 is 2.00 bits per heavy atom. The van der Waals surface area contributed by atoms with E-state index in [0.29, 0.717) is 6.04 Å². The maximum Gasteiger partial charge on any atom is 0.00388 e. The third-order valence-electron chi connectivity index (χ3n) is 4.06. The molecular weight excluding hydrogens is 218 g/mol. The Kier molecular flexibility index (Phi) is 6.99. The van der Waals surface area contributed by atoms with Crippen molar-refractivity contribution < 1.29 is 0 Å². The Morgan fingerprint density at radius 3 is 2.61 bits per heavy atom. The summed E-state index contributed by atoms with van der Waals surface area (Å²) < 4.78 is 0. The molecule has 0 aromatic rings. The molecule has 106 valence electrons. The van der Waals surface area contributed by atoms with Gasteiger partial charge in [0.25, 0.3) is 0 Å². The quantitative estimate of drug-likeness (QED) is 0.642. The summed E-state index contributed by atoms with van der Waals surface area (Å²) in [6.45, 7) is 12.8. The van der Waals surface area contributed by atoms with Crippen LogP contribution in [0.4, 0.5) is 0 Å². The van der Waals surface area contributed by atoms with Crippen LogP contribution >= 0.6 is 0 Å². The van der Waals surface area contributed by atoms with Crippen LogP contribution in [0, 0.1) is 17.8 Å². The fourth-order valence-electron chi connectivity index (χ4n) is 3.14. The van der Waals surface area contributed by atoms with Crippen LogP contribution in [0.2, 0.25) is 0 Å². The first-order valence-electron chi connectivity index (χ1n) is 7.88. The minimum absolute atomic E-state index is 0.685. The SMILES string of the molecule is CC1=CC(C)CC(CNC(C)CCCC(C)C)C1. The van der Waals surface area contributed by atoms with Gasteiger partial charge in [0, 0.05) is 6.04 Å². The Labute approximate surface area is 114 Å². The van der Waals surface area contributed by atoms with Crippen molar-refractivity contribution in [2.75, 3.05) is 6.54 Å². The van der Waals surface area contributed by atoms with E-state index in [-0.39, 0.29) is 0 Å². The maximum absolute atomic E-state index is 3.74. The Bertz CT molecular complexity index is 254. The highest BCUT2D eigenvalue weighted by Gasteiger charge is 2.18. The summed E-state index contributed by atoms with van der Waals surface area (Å²) in [4.78, 5) is 0. The van der Waals surface area contributed by atoms with Gasteiger partial charge in [0.15, 0.2) is 0 Å². The van der Waals surface area contributed by atoms with Gasteiger partial charge in [0.05, 0.1) is 0 Å². The molecule has 3 atom stereocenters. The summed E-state index contributed by atoms with van der Waals surface area (Å²) in [6.07, 6.45) is 9.18. The van der Waals surface area contributed by atoms with Crippen LogP contribution in [0.3, 0.4) is 0 Å². The van der Waals surface area contributed by atoms with E-state index in [1.165, 1.54) is 38.6 Å². The van der Waals surface area contributed by atoms with Gasteiger partial charge in [0.2, 0.25) is 0 Å². The summed E-state index contributed by atoms with van der Waals surface area (Å²) in [7, 11) is 0. The first-order chi connectivity index (χ1) is 8.47. The topological polar surface area (TPSA) is 12.0 Å². The zero-order chi connectivity index (χ0) is 13.5. The zero-order valence-electron chi connectivity index (χ0n) is 13.1. The molecule has 3 unspecified atom stereocenters. The van der Waals surface area contributed by atoms with Crippen molar-refractivity contribution in [2.24, 2.45) is 17.8 Å². The summed E-state index contributed by atoms with van der Waals surface area (Å²) in [5, 5.41) is 3.74. The highest BCUT2D eigenvalue weighted by atomic mass is 14.9. The lowest BCUT2D eigenvalue weighted by atomic mass is 9.83. The molecule has 0 amide bonds. The molecule has 0 saturated heterocycles. The lowest BCUT2D eigenvalue weighted by Crippen LogP contribution is -2.32. The van der Waals surface area contributed by atoms with Crippen LogP contribution in [-0.2, 0) is 0 Å². The second kappa shape index (κ2) is 7.99. The first kappa shape index (κ1) is 15.8. The van der Waals surface area contributed by atoms with Gasteiger partial charge in [-0.3, -0.25) is 0 Å². The molecule has 0 aromatic heterocycles. The van der Waals surface area contributed by atoms with E-state index < -0.39 is 0 Å². The number of hydrogen-bond donors (Lipinski definition) is 1. The third kappa shape index (κ3) is 6.58. The maximum atomic E-state index is 3.74. The van der Waals surface area contributed by atoms with Crippen LogP contribution in [0.1, 0.15) is 66.7 Å². The molecule has 0 aliphatic heterocycles. The van der Waals surface area contributed by atoms with Crippen LogP contribution in [0.15, 0.2) is 11.6 Å². The average Bonchev–Trinajstić information content (AvgIpc) is 2.24. The summed E-state index contributed by atoms with van der Waals surface area (Å²) in [6, 6.07) is 0.685. The molecule has 0 saturated carbocycles. The van der Waals surface area contributed by atoms with Gasteiger partial charge < -0.3 is 5.32 Å². The molecule has 1 heteroatoms. The molecule has 1 aliphatic carbocycles. The monoisotopic (exact) mass is 251 g/mol. The predicted octanol–water partition coefficient (Wildman–Crippen LogP) is 4.78. The van der Waals surface area contributed by atoms with Gasteiger partial charge >= 0.3 is 0 Å². The molecule has 18 heavy (non-hydrogen) atoms. The molecule has 1 nitrogen and oxygen atoms in total. The predicted molar refractivity (Wildman–Crippen MR) is 81.8 cm³/mol. The van der Waals surface area contributed by atoms with E-state index >= 15 is 0 Å². The van der Waals surface area contributed by atoms with Crippen LogP contribution in [0.25, 0.3) is 0 Å². The van der Waals surface area contributed by atoms with Crippen molar-refractivity contribution in [3.05, 3.63) is 11.6 Å². The van der Waals surface area contributed by atoms with Crippen LogP contribution in [0.5, 0.6) is 0 Å². The van der Waals surface area contributed by atoms with Gasteiger partial charge in [0.1, 0.15) is 0 Å². The fraction of sp³-hybridized carbons (Fsp3) is 0.882. The van der Waals surface area contributed by atoms with E-state index in [1.54, 1.807) is 5.57 Å². The fourth-order valence-corrected chi connectivity index (χ4v) is 3.14. The van der Waals surface area contributed by atoms with Gasteiger partial charge in [-0.2, -0.15) is 0 Å². The Balaban J connectivity index is 2.14. The lowest BCUT2D eigenvalue weighted by Gasteiger charge is -2.27. The second-order valence-corrected chi connectivity index (χ2v) is 6.93. The second-order valence-electron chi connectivity index (χ2n) is 6.93. The highest BCUT2D eigenvalue weighted by molar-refractivity contribution is 5.06. The molecule has 1 rings (SSSR count). The Hall–Kier alpha value is -0.300. The van der Waals surface area contributed by atoms with Gasteiger partial charge in [-0.1, -0.05) is 45.3 Å². The van der Waals surface area contributed by atoms with Crippen molar-refractivity contribution in [3.8, 4) is 0 Å². The molecule has 1 N–H and O–H groups in total. The summed E-state index contributed by atoms with van der Waals surface area (Å²) in [5.74, 6) is 2.49. The zero-order valence-corrected chi connectivity index (χ0v) is 13.1. The van der Waals surface area contributed by atoms with E-state index in [4.69, 9.17) is 0 Å². The van der Waals surface area contributed by atoms with E-state index in [9.17, 15) is 0 Å². The van der Waals surface area contributed by atoms with Crippen molar-refractivity contribution in [2.45, 2.75) is 72.8 Å². The number of allylic oxidation sites excluding steroid dienone is 2. The molecular formula is C17H33N. The molecule has 0 spiro atoms. The van der Waals surface area contributed by atoms with Crippen molar-refractivity contribution in [3.63, 3.8) is 0 Å². The molecule has 0 heterocycles. The normalized spacial score (nSPS) is 26.2. The number of rotatable bonds is 7. The molecule has 1 aliphatic rings. The highest BCUT2D eigenvalue weighted by Crippen LogP contribution is 2.27. The molecule has 0 bridgehead atoms. The molecule has 0 fully saturated rings. The minimum atomic E-state index is 0.685. The average molecular weight is 251 g/mol. The largest absolute Gasteiger partial charge is 0.314 e. The van der Waals surface area contributed by atoms with Crippen molar-refractivity contribution in [1.82, 2.24) is 5.32 Å². The van der Waals surface area contributed by atoms with E-state index in [1.807, 2.05) is 0 Å².